The number of rotatable bonds is 8. The molecule has 0 radical (unpaired) electrons. The lowest BCUT2D eigenvalue weighted by Gasteiger charge is -2.48. The highest BCUT2D eigenvalue weighted by atomic mass is 15.2. The Labute approximate surface area is 127 Å². The van der Waals surface area contributed by atoms with Crippen LogP contribution in [0.3, 0.4) is 0 Å². The van der Waals surface area contributed by atoms with Gasteiger partial charge < -0.3 is 5.32 Å². The van der Waals surface area contributed by atoms with E-state index in [0.717, 1.165) is 31.5 Å². The van der Waals surface area contributed by atoms with E-state index in [9.17, 15) is 0 Å². The fraction of sp³-hybridized carbons (Fsp3) is 1.00. The van der Waals surface area contributed by atoms with Gasteiger partial charge in [0.2, 0.25) is 0 Å². The third kappa shape index (κ3) is 4.46. The van der Waals surface area contributed by atoms with Gasteiger partial charge in [0, 0.05) is 11.6 Å². The van der Waals surface area contributed by atoms with Crippen LogP contribution in [0.5, 0.6) is 0 Å². The molecule has 1 unspecified atom stereocenters. The molecule has 120 valence electrons. The van der Waals surface area contributed by atoms with Crippen LogP contribution in [0.15, 0.2) is 0 Å². The van der Waals surface area contributed by atoms with E-state index in [-0.39, 0.29) is 5.54 Å². The van der Waals surface area contributed by atoms with Gasteiger partial charge in [0.15, 0.2) is 0 Å². The van der Waals surface area contributed by atoms with Crippen molar-refractivity contribution in [2.75, 3.05) is 19.6 Å². The highest BCUT2D eigenvalue weighted by Crippen LogP contribution is 2.35. The first kappa shape index (κ1) is 18.0. The summed E-state index contributed by atoms with van der Waals surface area (Å²) >= 11 is 0. The first-order valence-electron chi connectivity index (χ1n) is 8.95. The predicted octanol–water partition coefficient (Wildman–Crippen LogP) is 4.30. The molecular weight excluding hydrogens is 244 g/mol. The van der Waals surface area contributed by atoms with E-state index in [1.54, 1.807) is 0 Å². The van der Waals surface area contributed by atoms with E-state index in [0.29, 0.717) is 6.04 Å². The van der Waals surface area contributed by atoms with E-state index < -0.39 is 0 Å². The van der Waals surface area contributed by atoms with Gasteiger partial charge in [-0.1, -0.05) is 40.5 Å². The molecule has 1 saturated carbocycles. The number of likely N-dealkylation sites (N-methyl/N-ethyl adjacent to an activating group) is 1. The van der Waals surface area contributed by atoms with Gasteiger partial charge >= 0.3 is 0 Å². The molecular formula is C18H38N2. The minimum absolute atomic E-state index is 0.254. The largest absolute Gasteiger partial charge is 0.312 e. The highest BCUT2D eigenvalue weighted by molar-refractivity contribution is 4.97. The Bertz CT molecular complexity index is 250. The van der Waals surface area contributed by atoms with Crippen molar-refractivity contribution in [1.82, 2.24) is 10.2 Å². The van der Waals surface area contributed by atoms with Gasteiger partial charge in [0.1, 0.15) is 0 Å². The zero-order valence-electron chi connectivity index (χ0n) is 14.8. The lowest BCUT2D eigenvalue weighted by Crippen LogP contribution is -2.61. The summed E-state index contributed by atoms with van der Waals surface area (Å²) in [4.78, 5) is 2.64. The van der Waals surface area contributed by atoms with E-state index in [4.69, 9.17) is 0 Å². The lowest BCUT2D eigenvalue weighted by molar-refractivity contribution is 0.0503. The van der Waals surface area contributed by atoms with E-state index in [1.165, 1.54) is 32.1 Å². The zero-order chi connectivity index (χ0) is 15.2. The summed E-state index contributed by atoms with van der Waals surface area (Å²) in [6, 6.07) is 0.634. The van der Waals surface area contributed by atoms with Crippen LogP contribution < -0.4 is 5.32 Å². The molecule has 0 bridgehead atoms. The van der Waals surface area contributed by atoms with Crippen LogP contribution in [0.4, 0.5) is 0 Å². The van der Waals surface area contributed by atoms with Crippen LogP contribution in [0.25, 0.3) is 0 Å². The smallest absolute Gasteiger partial charge is 0.0308 e. The first-order valence-corrected chi connectivity index (χ1v) is 8.95. The standard InChI is InChI=1S/C18H38N2/c1-7-14-19-17(16-12-10-15(4)11-13-16)18(5,6)20(8-2)9-3/h15-17,19H,7-14H2,1-6H3. The van der Waals surface area contributed by atoms with Gasteiger partial charge in [-0.05, 0) is 64.6 Å². The molecule has 0 aliphatic heterocycles. The Balaban J connectivity index is 2.81. The van der Waals surface area contributed by atoms with Crippen molar-refractivity contribution < 1.29 is 0 Å². The second-order valence-electron chi connectivity index (χ2n) is 7.28. The third-order valence-electron chi connectivity index (χ3n) is 5.49. The number of hydrogen-bond donors (Lipinski definition) is 1. The van der Waals surface area contributed by atoms with Crippen molar-refractivity contribution in [1.29, 1.82) is 0 Å². The second-order valence-corrected chi connectivity index (χ2v) is 7.28. The van der Waals surface area contributed by atoms with Crippen LogP contribution in [-0.4, -0.2) is 36.1 Å². The molecule has 1 fully saturated rings. The van der Waals surface area contributed by atoms with Crippen molar-refractivity contribution in [3.05, 3.63) is 0 Å². The molecule has 0 aromatic carbocycles. The summed E-state index contributed by atoms with van der Waals surface area (Å²) in [7, 11) is 0. The molecule has 0 aromatic heterocycles. The van der Waals surface area contributed by atoms with Gasteiger partial charge in [-0.2, -0.15) is 0 Å². The quantitative estimate of drug-likeness (QED) is 0.714. The molecule has 0 spiro atoms. The minimum atomic E-state index is 0.254. The molecule has 0 saturated heterocycles. The van der Waals surface area contributed by atoms with Crippen LogP contribution in [0.1, 0.15) is 73.6 Å². The Hall–Kier alpha value is -0.0800. The normalized spacial score (nSPS) is 25.9. The molecule has 1 N–H and O–H groups in total. The predicted molar refractivity (Wildman–Crippen MR) is 90.2 cm³/mol. The number of nitrogens with one attached hydrogen (secondary N) is 1. The Kier molecular flexibility index (Phi) is 7.53. The van der Waals surface area contributed by atoms with Gasteiger partial charge in [-0.25, -0.2) is 0 Å². The molecule has 20 heavy (non-hydrogen) atoms. The number of hydrogen-bond acceptors (Lipinski definition) is 2. The molecule has 1 aliphatic rings. The molecule has 0 amide bonds. The summed E-state index contributed by atoms with van der Waals surface area (Å²) < 4.78 is 0. The maximum atomic E-state index is 3.90. The number of nitrogens with zero attached hydrogens (tertiary/aromatic N) is 1. The summed E-state index contributed by atoms with van der Waals surface area (Å²) in [6.45, 7) is 17.6. The van der Waals surface area contributed by atoms with Crippen LogP contribution >= 0.6 is 0 Å². The molecule has 0 aromatic rings. The van der Waals surface area contributed by atoms with Crippen molar-refractivity contribution in [2.45, 2.75) is 85.2 Å². The molecule has 2 heteroatoms. The average molecular weight is 283 g/mol. The molecule has 1 aliphatic carbocycles. The lowest BCUT2D eigenvalue weighted by atomic mass is 9.73. The summed E-state index contributed by atoms with van der Waals surface area (Å²) in [5.74, 6) is 1.79. The molecule has 2 nitrogen and oxygen atoms in total. The van der Waals surface area contributed by atoms with Gasteiger partial charge in [-0.15, -0.1) is 0 Å². The van der Waals surface area contributed by atoms with E-state index >= 15 is 0 Å². The van der Waals surface area contributed by atoms with E-state index in [1.807, 2.05) is 0 Å². The van der Waals surface area contributed by atoms with Crippen LogP contribution in [0, 0.1) is 11.8 Å². The highest BCUT2D eigenvalue weighted by Gasteiger charge is 2.39. The first-order chi connectivity index (χ1) is 9.47. The van der Waals surface area contributed by atoms with Crippen LogP contribution in [-0.2, 0) is 0 Å². The molecule has 1 atom stereocenters. The van der Waals surface area contributed by atoms with Gasteiger partial charge in [-0.3, -0.25) is 4.90 Å². The minimum Gasteiger partial charge on any atom is -0.312 e. The van der Waals surface area contributed by atoms with Crippen molar-refractivity contribution in [3.63, 3.8) is 0 Å². The van der Waals surface area contributed by atoms with Crippen molar-refractivity contribution in [3.8, 4) is 0 Å². The van der Waals surface area contributed by atoms with Crippen molar-refractivity contribution >= 4 is 0 Å². The summed E-state index contributed by atoms with van der Waals surface area (Å²) in [5.41, 5.74) is 0.254. The van der Waals surface area contributed by atoms with Crippen molar-refractivity contribution in [2.24, 2.45) is 11.8 Å². The molecule has 1 rings (SSSR count). The maximum absolute atomic E-state index is 3.90. The second kappa shape index (κ2) is 8.38. The van der Waals surface area contributed by atoms with E-state index in [2.05, 4.69) is 51.8 Å². The fourth-order valence-corrected chi connectivity index (χ4v) is 4.15. The zero-order valence-corrected chi connectivity index (χ0v) is 14.8. The summed E-state index contributed by atoms with van der Waals surface area (Å²) in [5, 5.41) is 3.90. The Morgan fingerprint density at radius 3 is 2.05 bits per heavy atom. The Morgan fingerprint density at radius 2 is 1.60 bits per heavy atom. The van der Waals surface area contributed by atoms with Gasteiger partial charge in [0.25, 0.3) is 0 Å². The van der Waals surface area contributed by atoms with Crippen LogP contribution in [0.2, 0.25) is 0 Å². The third-order valence-corrected chi connectivity index (χ3v) is 5.49. The maximum Gasteiger partial charge on any atom is 0.0308 e. The molecule has 0 heterocycles. The summed E-state index contributed by atoms with van der Waals surface area (Å²) in [6.07, 6.45) is 6.89. The monoisotopic (exact) mass is 282 g/mol. The fourth-order valence-electron chi connectivity index (χ4n) is 4.15. The van der Waals surface area contributed by atoms with Gasteiger partial charge in [0.05, 0.1) is 0 Å². The Morgan fingerprint density at radius 1 is 1.05 bits per heavy atom. The average Bonchev–Trinajstić information content (AvgIpc) is 2.42. The topological polar surface area (TPSA) is 15.3 Å². The SMILES string of the molecule is CCCNC(C1CCC(C)CC1)C(C)(C)N(CC)CC.